The van der Waals surface area contributed by atoms with Crippen LogP contribution in [0.5, 0.6) is 0 Å². The first kappa shape index (κ1) is 14.0. The van der Waals surface area contributed by atoms with Gasteiger partial charge >= 0.3 is 5.97 Å². The van der Waals surface area contributed by atoms with Crippen molar-refractivity contribution in [3.8, 4) is 5.69 Å². The van der Waals surface area contributed by atoms with Crippen molar-refractivity contribution in [3.05, 3.63) is 51.3 Å². The van der Waals surface area contributed by atoms with E-state index in [9.17, 15) is 4.79 Å². The number of carboxylic acids is 1. The number of rotatable bonds is 3. The van der Waals surface area contributed by atoms with Crippen LogP contribution >= 0.6 is 23.2 Å². The van der Waals surface area contributed by atoms with Crippen molar-refractivity contribution in [2.45, 2.75) is 20.3 Å². The molecule has 0 aliphatic carbocycles. The highest BCUT2D eigenvalue weighted by molar-refractivity contribution is 6.37. The van der Waals surface area contributed by atoms with Gasteiger partial charge < -0.3 is 9.67 Å². The van der Waals surface area contributed by atoms with Gasteiger partial charge in [-0.15, -0.1) is 0 Å². The van der Waals surface area contributed by atoms with E-state index < -0.39 is 5.97 Å². The van der Waals surface area contributed by atoms with Gasteiger partial charge in [0.15, 0.2) is 0 Å². The summed E-state index contributed by atoms with van der Waals surface area (Å²) in [6.45, 7) is 3.77. The van der Waals surface area contributed by atoms with Gasteiger partial charge in [0.25, 0.3) is 0 Å². The summed E-state index contributed by atoms with van der Waals surface area (Å²) in [4.78, 5) is 10.9. The van der Waals surface area contributed by atoms with Crippen molar-refractivity contribution in [1.29, 1.82) is 0 Å². The van der Waals surface area contributed by atoms with Crippen LogP contribution in [0.4, 0.5) is 0 Å². The van der Waals surface area contributed by atoms with E-state index in [1.807, 2.05) is 24.5 Å². The van der Waals surface area contributed by atoms with E-state index in [1.165, 1.54) is 0 Å². The first-order chi connectivity index (χ1) is 8.91. The summed E-state index contributed by atoms with van der Waals surface area (Å²) in [5, 5.41) is 9.99. The smallest absolute Gasteiger partial charge is 0.307 e. The lowest BCUT2D eigenvalue weighted by Gasteiger charge is -2.13. The summed E-state index contributed by atoms with van der Waals surface area (Å²) >= 11 is 12.4. The van der Waals surface area contributed by atoms with Crippen molar-refractivity contribution in [2.24, 2.45) is 0 Å². The zero-order valence-corrected chi connectivity index (χ0v) is 12.1. The molecule has 100 valence electrons. The predicted octanol–water partition coefficient (Wildman–Crippen LogP) is 4.03. The molecule has 1 aromatic heterocycles. The Morgan fingerprint density at radius 2 is 1.84 bits per heavy atom. The molecule has 0 amide bonds. The maximum atomic E-state index is 10.9. The zero-order valence-electron chi connectivity index (χ0n) is 10.6. The van der Waals surface area contributed by atoms with E-state index >= 15 is 0 Å². The summed E-state index contributed by atoms with van der Waals surface area (Å²) in [6, 6.07) is 7.15. The second kappa shape index (κ2) is 5.27. The lowest BCUT2D eigenvalue weighted by Crippen LogP contribution is -2.04. The number of nitrogens with zero attached hydrogens (tertiary/aromatic N) is 1. The van der Waals surface area contributed by atoms with Gasteiger partial charge in [-0.1, -0.05) is 29.3 Å². The molecule has 0 aliphatic heterocycles. The molecule has 1 heterocycles. The largest absolute Gasteiger partial charge is 0.481 e. The van der Waals surface area contributed by atoms with Gasteiger partial charge in [-0.25, -0.2) is 0 Å². The standard InChI is InChI=1S/C14H13Cl2NO2/c1-8-6-10(7-13(18)19)9(2)17(8)14-11(15)4-3-5-12(14)16/h3-6H,7H2,1-2H3,(H,18,19). The minimum Gasteiger partial charge on any atom is -0.481 e. The fraction of sp³-hybridized carbons (Fsp3) is 0.214. The lowest BCUT2D eigenvalue weighted by molar-refractivity contribution is -0.136. The summed E-state index contributed by atoms with van der Waals surface area (Å²) < 4.78 is 1.89. The predicted molar refractivity (Wildman–Crippen MR) is 76.6 cm³/mol. The Bertz CT molecular complexity index is 627. The fourth-order valence-electron chi connectivity index (χ4n) is 2.22. The Labute approximate surface area is 121 Å². The Hall–Kier alpha value is -1.45. The van der Waals surface area contributed by atoms with Gasteiger partial charge in [0, 0.05) is 11.4 Å². The topological polar surface area (TPSA) is 42.2 Å². The number of carbonyl (C=O) groups is 1. The maximum Gasteiger partial charge on any atom is 0.307 e. The van der Waals surface area contributed by atoms with E-state index in [-0.39, 0.29) is 6.42 Å². The molecule has 0 atom stereocenters. The number of hydrogen-bond donors (Lipinski definition) is 1. The van der Waals surface area contributed by atoms with Crippen molar-refractivity contribution >= 4 is 29.2 Å². The molecule has 5 heteroatoms. The Morgan fingerprint density at radius 1 is 1.26 bits per heavy atom. The van der Waals surface area contributed by atoms with Gasteiger partial charge in [0.1, 0.15) is 0 Å². The van der Waals surface area contributed by atoms with E-state index in [2.05, 4.69) is 0 Å². The minimum absolute atomic E-state index is 0.0122. The summed E-state index contributed by atoms with van der Waals surface area (Å²) in [5.41, 5.74) is 3.21. The number of aromatic nitrogens is 1. The SMILES string of the molecule is Cc1cc(CC(=O)O)c(C)n1-c1c(Cl)cccc1Cl. The van der Waals surface area contributed by atoms with Crippen LogP contribution in [0, 0.1) is 13.8 Å². The average molecular weight is 298 g/mol. The molecule has 0 bridgehead atoms. The number of aliphatic carboxylic acids is 1. The zero-order chi connectivity index (χ0) is 14.2. The maximum absolute atomic E-state index is 10.9. The van der Waals surface area contributed by atoms with Gasteiger partial charge in [-0.05, 0) is 37.6 Å². The summed E-state index contributed by atoms with van der Waals surface area (Å²) in [7, 11) is 0. The highest BCUT2D eigenvalue weighted by atomic mass is 35.5. The second-order valence-corrected chi connectivity index (χ2v) is 5.19. The number of halogens is 2. The van der Waals surface area contributed by atoms with Crippen molar-refractivity contribution in [2.75, 3.05) is 0 Å². The second-order valence-electron chi connectivity index (χ2n) is 4.37. The molecule has 0 saturated carbocycles. The van der Waals surface area contributed by atoms with E-state index in [0.717, 1.165) is 17.0 Å². The molecule has 2 aromatic rings. The Kier molecular flexibility index (Phi) is 3.88. The van der Waals surface area contributed by atoms with Crippen LogP contribution in [0.25, 0.3) is 5.69 Å². The Balaban J connectivity index is 2.63. The van der Waals surface area contributed by atoms with Crippen LogP contribution in [-0.2, 0) is 11.2 Å². The van der Waals surface area contributed by atoms with E-state index in [0.29, 0.717) is 15.7 Å². The van der Waals surface area contributed by atoms with Crippen LogP contribution in [0.1, 0.15) is 17.0 Å². The van der Waals surface area contributed by atoms with Crippen molar-refractivity contribution < 1.29 is 9.90 Å². The minimum atomic E-state index is -0.856. The molecule has 3 nitrogen and oxygen atoms in total. The molecule has 0 saturated heterocycles. The van der Waals surface area contributed by atoms with Gasteiger partial charge in [-0.2, -0.15) is 0 Å². The highest BCUT2D eigenvalue weighted by Crippen LogP contribution is 2.32. The molecule has 0 fully saturated rings. The van der Waals surface area contributed by atoms with Gasteiger partial charge in [0.2, 0.25) is 0 Å². The van der Waals surface area contributed by atoms with E-state index in [4.69, 9.17) is 28.3 Å². The summed E-state index contributed by atoms with van der Waals surface area (Å²) in [5.74, 6) is -0.856. The number of carboxylic acid groups (broad SMARTS) is 1. The number of para-hydroxylation sites is 1. The molecular weight excluding hydrogens is 285 g/mol. The fourth-order valence-corrected chi connectivity index (χ4v) is 2.78. The average Bonchev–Trinajstić information content (AvgIpc) is 2.55. The molecule has 1 N–H and O–H groups in total. The number of benzene rings is 1. The molecule has 0 spiro atoms. The molecule has 0 unspecified atom stereocenters. The van der Waals surface area contributed by atoms with Crippen molar-refractivity contribution in [3.63, 3.8) is 0 Å². The first-order valence-corrected chi connectivity index (χ1v) is 6.51. The number of hydrogen-bond acceptors (Lipinski definition) is 1. The monoisotopic (exact) mass is 297 g/mol. The van der Waals surface area contributed by atoms with Crippen LogP contribution in [0.2, 0.25) is 10.0 Å². The van der Waals surface area contributed by atoms with Crippen LogP contribution in [-0.4, -0.2) is 15.6 Å². The normalized spacial score (nSPS) is 10.7. The van der Waals surface area contributed by atoms with Crippen LogP contribution in [0.15, 0.2) is 24.3 Å². The molecular formula is C14H13Cl2NO2. The van der Waals surface area contributed by atoms with Crippen molar-refractivity contribution in [1.82, 2.24) is 4.57 Å². The Morgan fingerprint density at radius 3 is 2.37 bits per heavy atom. The molecule has 0 aliphatic rings. The van der Waals surface area contributed by atoms with Gasteiger partial charge in [-0.3, -0.25) is 4.79 Å². The van der Waals surface area contributed by atoms with Gasteiger partial charge in [0.05, 0.1) is 22.2 Å². The third kappa shape index (κ3) is 2.62. The third-order valence-corrected chi connectivity index (χ3v) is 3.65. The lowest BCUT2D eigenvalue weighted by atomic mass is 10.2. The van der Waals surface area contributed by atoms with Crippen LogP contribution in [0.3, 0.4) is 0 Å². The number of aryl methyl sites for hydroxylation is 1. The van der Waals surface area contributed by atoms with Crippen LogP contribution < -0.4 is 0 Å². The quantitative estimate of drug-likeness (QED) is 0.929. The molecule has 19 heavy (non-hydrogen) atoms. The molecule has 1 aromatic carbocycles. The highest BCUT2D eigenvalue weighted by Gasteiger charge is 2.16. The molecule has 0 radical (unpaired) electrons. The van der Waals surface area contributed by atoms with E-state index in [1.54, 1.807) is 18.2 Å². The summed E-state index contributed by atoms with van der Waals surface area (Å²) in [6.07, 6.45) is -0.0122. The third-order valence-electron chi connectivity index (χ3n) is 3.04. The molecule has 2 rings (SSSR count). The first-order valence-electron chi connectivity index (χ1n) is 5.75.